The normalized spacial score (nSPS) is 26.1. The SMILES string of the molecule is C=Nc1cc(OC2CCOC2)c([N+](=O)[O-])cc1/C(=C(\C)C#N)N1CCC2CCCCC21. The molecule has 1 aromatic rings. The number of benzene rings is 1. The topological polar surface area (TPSA) is 101 Å². The first-order valence-corrected chi connectivity index (χ1v) is 10.9. The monoisotopic (exact) mass is 424 g/mol. The Hall–Kier alpha value is -2.92. The quantitative estimate of drug-likeness (QED) is 0.286. The summed E-state index contributed by atoms with van der Waals surface area (Å²) in [6, 6.07) is 5.71. The molecule has 8 nitrogen and oxygen atoms in total. The zero-order chi connectivity index (χ0) is 22.0. The van der Waals surface area contributed by atoms with Crippen molar-refractivity contribution in [3.05, 3.63) is 33.4 Å². The molecule has 3 unspecified atom stereocenters. The number of nitro benzene ring substituents is 1. The number of nitro groups is 1. The maximum absolute atomic E-state index is 11.9. The second-order valence-electron chi connectivity index (χ2n) is 8.54. The minimum atomic E-state index is -0.436. The van der Waals surface area contributed by atoms with Gasteiger partial charge < -0.3 is 14.4 Å². The zero-order valence-electron chi connectivity index (χ0n) is 17.9. The lowest BCUT2D eigenvalue weighted by Gasteiger charge is -2.35. The first-order valence-electron chi connectivity index (χ1n) is 10.9. The molecule has 31 heavy (non-hydrogen) atoms. The predicted octanol–water partition coefficient (Wildman–Crippen LogP) is 4.61. The summed E-state index contributed by atoms with van der Waals surface area (Å²) in [7, 11) is 0. The van der Waals surface area contributed by atoms with Gasteiger partial charge >= 0.3 is 5.69 Å². The van der Waals surface area contributed by atoms with E-state index in [-0.39, 0.29) is 17.5 Å². The Morgan fingerprint density at radius 2 is 2.16 bits per heavy atom. The van der Waals surface area contributed by atoms with Gasteiger partial charge in [0.2, 0.25) is 0 Å². The van der Waals surface area contributed by atoms with Crippen molar-refractivity contribution in [1.29, 1.82) is 5.26 Å². The fourth-order valence-electron chi connectivity index (χ4n) is 5.21. The van der Waals surface area contributed by atoms with Gasteiger partial charge in [-0.05, 0) is 38.8 Å². The van der Waals surface area contributed by atoms with Crippen molar-refractivity contribution in [2.45, 2.75) is 57.6 Å². The van der Waals surface area contributed by atoms with E-state index in [0.717, 1.165) is 25.1 Å². The van der Waals surface area contributed by atoms with Crippen LogP contribution in [0.5, 0.6) is 5.75 Å². The number of allylic oxidation sites excluding steroid dienone is 1. The summed E-state index contributed by atoms with van der Waals surface area (Å²) in [6.45, 7) is 7.28. The van der Waals surface area contributed by atoms with E-state index >= 15 is 0 Å². The molecule has 2 saturated heterocycles. The highest BCUT2D eigenvalue weighted by atomic mass is 16.6. The van der Waals surface area contributed by atoms with Crippen molar-refractivity contribution in [3.8, 4) is 11.8 Å². The van der Waals surface area contributed by atoms with E-state index in [1.54, 1.807) is 13.0 Å². The summed E-state index contributed by atoms with van der Waals surface area (Å²) in [6.07, 6.45) is 6.23. The van der Waals surface area contributed by atoms with Gasteiger partial charge in [-0.2, -0.15) is 5.26 Å². The van der Waals surface area contributed by atoms with Gasteiger partial charge in [0.25, 0.3) is 0 Å². The van der Waals surface area contributed by atoms with Crippen molar-refractivity contribution in [2.24, 2.45) is 10.9 Å². The number of ether oxygens (including phenoxy) is 2. The van der Waals surface area contributed by atoms with Crippen LogP contribution in [0.2, 0.25) is 0 Å². The van der Waals surface area contributed by atoms with Crippen LogP contribution in [0.4, 0.5) is 11.4 Å². The van der Waals surface area contributed by atoms with E-state index in [9.17, 15) is 15.4 Å². The summed E-state index contributed by atoms with van der Waals surface area (Å²) in [5, 5.41) is 21.7. The number of nitriles is 1. The Morgan fingerprint density at radius 1 is 1.35 bits per heavy atom. The molecule has 0 amide bonds. The molecule has 3 fully saturated rings. The molecule has 4 rings (SSSR count). The van der Waals surface area contributed by atoms with E-state index in [1.165, 1.54) is 25.3 Å². The summed E-state index contributed by atoms with van der Waals surface area (Å²) in [5.41, 5.74) is 2.20. The van der Waals surface area contributed by atoms with Crippen molar-refractivity contribution in [3.63, 3.8) is 0 Å². The summed E-state index contributed by atoms with van der Waals surface area (Å²) >= 11 is 0. The Balaban J connectivity index is 1.79. The van der Waals surface area contributed by atoms with Crippen LogP contribution in [0.15, 0.2) is 22.7 Å². The van der Waals surface area contributed by atoms with Gasteiger partial charge in [0.1, 0.15) is 6.10 Å². The number of rotatable bonds is 6. The van der Waals surface area contributed by atoms with Crippen molar-refractivity contribution in [2.75, 3.05) is 19.8 Å². The van der Waals surface area contributed by atoms with Crippen LogP contribution in [0, 0.1) is 27.4 Å². The molecule has 0 spiro atoms. The third-order valence-electron chi connectivity index (χ3n) is 6.70. The lowest BCUT2D eigenvalue weighted by molar-refractivity contribution is -0.386. The van der Waals surface area contributed by atoms with E-state index in [0.29, 0.717) is 48.4 Å². The molecule has 2 heterocycles. The van der Waals surface area contributed by atoms with E-state index < -0.39 is 4.92 Å². The van der Waals surface area contributed by atoms with Crippen LogP contribution in [0.1, 0.15) is 51.0 Å². The maximum Gasteiger partial charge on any atom is 0.311 e. The lowest BCUT2D eigenvalue weighted by atomic mass is 9.85. The molecule has 3 aliphatic rings. The van der Waals surface area contributed by atoms with Crippen molar-refractivity contribution in [1.82, 2.24) is 4.90 Å². The minimum absolute atomic E-state index is 0.128. The van der Waals surface area contributed by atoms with Crippen LogP contribution in [-0.2, 0) is 4.74 Å². The number of nitrogens with zero attached hydrogens (tertiary/aromatic N) is 4. The second kappa shape index (κ2) is 9.06. The number of hydrogen-bond donors (Lipinski definition) is 0. The highest BCUT2D eigenvalue weighted by molar-refractivity contribution is 5.82. The molecule has 164 valence electrons. The highest BCUT2D eigenvalue weighted by Crippen LogP contribution is 2.45. The van der Waals surface area contributed by atoms with Gasteiger partial charge in [-0.1, -0.05) is 12.8 Å². The molecule has 3 atom stereocenters. The Kier molecular flexibility index (Phi) is 6.23. The van der Waals surface area contributed by atoms with Crippen LogP contribution in [-0.4, -0.2) is 48.4 Å². The fourth-order valence-corrected chi connectivity index (χ4v) is 5.21. The largest absolute Gasteiger partial charge is 0.481 e. The number of likely N-dealkylation sites (tertiary alicyclic amines) is 1. The molecular weight excluding hydrogens is 396 g/mol. The molecule has 2 aliphatic heterocycles. The van der Waals surface area contributed by atoms with E-state index in [4.69, 9.17) is 9.47 Å². The van der Waals surface area contributed by atoms with Gasteiger partial charge in [0.05, 0.1) is 41.2 Å². The number of fused-ring (bicyclic) bond motifs is 1. The molecule has 0 radical (unpaired) electrons. The van der Waals surface area contributed by atoms with Gasteiger partial charge in [0.15, 0.2) is 5.75 Å². The molecule has 0 aromatic heterocycles. The van der Waals surface area contributed by atoms with Crippen LogP contribution in [0.25, 0.3) is 5.70 Å². The molecule has 0 bridgehead atoms. The molecule has 8 heteroatoms. The Labute approximate surface area is 182 Å². The molecule has 1 saturated carbocycles. The molecule has 1 aliphatic carbocycles. The highest BCUT2D eigenvalue weighted by Gasteiger charge is 2.38. The summed E-state index contributed by atoms with van der Waals surface area (Å²) in [4.78, 5) is 17.9. The lowest BCUT2D eigenvalue weighted by Crippen LogP contribution is -2.34. The van der Waals surface area contributed by atoms with Crippen LogP contribution >= 0.6 is 0 Å². The van der Waals surface area contributed by atoms with Crippen LogP contribution in [0.3, 0.4) is 0 Å². The van der Waals surface area contributed by atoms with Gasteiger partial charge in [-0.15, -0.1) is 0 Å². The number of hydrogen-bond acceptors (Lipinski definition) is 7. The number of aliphatic imine (C=N–C) groups is 1. The first kappa shape index (κ1) is 21.3. The zero-order valence-corrected chi connectivity index (χ0v) is 17.9. The van der Waals surface area contributed by atoms with Gasteiger partial charge in [-0.3, -0.25) is 15.1 Å². The molecular formula is C23H28N4O4. The molecule has 1 aromatic carbocycles. The summed E-state index contributed by atoms with van der Waals surface area (Å²) < 4.78 is 11.2. The smallest absolute Gasteiger partial charge is 0.311 e. The second-order valence-corrected chi connectivity index (χ2v) is 8.54. The van der Waals surface area contributed by atoms with Gasteiger partial charge in [-0.25, -0.2) is 0 Å². The van der Waals surface area contributed by atoms with Crippen molar-refractivity contribution >= 4 is 23.8 Å². The van der Waals surface area contributed by atoms with Gasteiger partial charge in [0, 0.05) is 36.7 Å². The standard InChI is InChI=1S/C23H28N4O4/c1-15(13-24)23(26-9-7-16-5-3-4-6-20(16)26)18-11-21(27(28)29)22(12-19(18)25-2)31-17-8-10-30-14-17/h11-12,16-17,20H,2-10,14H2,1H3/b23-15-. The Morgan fingerprint density at radius 3 is 2.84 bits per heavy atom. The maximum atomic E-state index is 11.9. The van der Waals surface area contributed by atoms with E-state index in [1.807, 2.05) is 0 Å². The summed E-state index contributed by atoms with van der Waals surface area (Å²) in [5.74, 6) is 0.771. The third kappa shape index (κ3) is 4.15. The average molecular weight is 425 g/mol. The minimum Gasteiger partial charge on any atom is -0.481 e. The first-order chi connectivity index (χ1) is 15.0. The molecule has 0 N–H and O–H groups in total. The predicted molar refractivity (Wildman–Crippen MR) is 117 cm³/mol. The van der Waals surface area contributed by atoms with Crippen LogP contribution < -0.4 is 4.74 Å². The fraction of sp³-hybridized carbons (Fsp3) is 0.565. The van der Waals surface area contributed by atoms with E-state index in [2.05, 4.69) is 22.7 Å². The Bertz CT molecular complexity index is 946. The third-order valence-corrected chi connectivity index (χ3v) is 6.70. The van der Waals surface area contributed by atoms with Crippen molar-refractivity contribution < 1.29 is 14.4 Å². The average Bonchev–Trinajstić information content (AvgIpc) is 3.44.